The Morgan fingerprint density at radius 3 is 2.42 bits per heavy atom. The molecule has 74 valence electrons. The molecule has 0 radical (unpaired) electrons. The second-order valence-corrected chi connectivity index (χ2v) is 5.86. The van der Waals surface area contributed by atoms with E-state index >= 15 is 0 Å². The summed E-state index contributed by atoms with van der Waals surface area (Å²) in [4.78, 5) is 0. The standard InChI is InChI=1S/C6H14O3S3/c1-2-3-4-5-6(11-10)12(7,8)9/h6,10H,2-5H2,1H3,(H,7,8,9). The molecule has 6 heteroatoms. The van der Waals surface area contributed by atoms with Crippen LogP contribution in [0.4, 0.5) is 0 Å². The van der Waals surface area contributed by atoms with E-state index in [1.807, 2.05) is 6.92 Å². The predicted octanol–water partition coefficient (Wildman–Crippen LogP) is 2.36. The van der Waals surface area contributed by atoms with E-state index in [2.05, 4.69) is 11.7 Å². The van der Waals surface area contributed by atoms with Crippen LogP contribution in [0, 0.1) is 0 Å². The molecule has 0 rings (SSSR count). The molecule has 0 aliphatic rings. The summed E-state index contributed by atoms with van der Waals surface area (Å²) in [6.45, 7) is 2.04. The molecule has 0 fully saturated rings. The molecule has 0 amide bonds. The zero-order valence-corrected chi connectivity index (χ0v) is 9.46. The molecule has 0 aromatic rings. The van der Waals surface area contributed by atoms with Gasteiger partial charge in [0.25, 0.3) is 10.1 Å². The summed E-state index contributed by atoms with van der Waals surface area (Å²) >= 11 is 3.79. The molecule has 3 nitrogen and oxygen atoms in total. The van der Waals surface area contributed by atoms with Crippen LogP contribution in [0.15, 0.2) is 0 Å². The van der Waals surface area contributed by atoms with Gasteiger partial charge in [-0.2, -0.15) is 8.42 Å². The average Bonchev–Trinajstić information content (AvgIpc) is 1.95. The van der Waals surface area contributed by atoms with Gasteiger partial charge in [-0.25, -0.2) is 0 Å². The van der Waals surface area contributed by atoms with E-state index in [4.69, 9.17) is 4.55 Å². The molecule has 0 aliphatic carbocycles. The highest BCUT2D eigenvalue weighted by Gasteiger charge is 2.21. The second kappa shape index (κ2) is 6.12. The fraction of sp³-hybridized carbons (Fsp3) is 1.00. The molecule has 1 unspecified atom stereocenters. The van der Waals surface area contributed by atoms with Crippen molar-refractivity contribution >= 4 is 32.6 Å². The predicted molar refractivity (Wildman–Crippen MR) is 56.1 cm³/mol. The lowest BCUT2D eigenvalue weighted by Crippen LogP contribution is -2.15. The van der Waals surface area contributed by atoms with E-state index in [1.165, 1.54) is 0 Å². The van der Waals surface area contributed by atoms with Gasteiger partial charge < -0.3 is 0 Å². The number of thiol groups is 1. The molecule has 0 aliphatic heterocycles. The lowest BCUT2D eigenvalue weighted by molar-refractivity contribution is 0.475. The Balaban J connectivity index is 3.85. The maximum absolute atomic E-state index is 10.6. The highest BCUT2D eigenvalue weighted by Crippen LogP contribution is 2.24. The minimum absolute atomic E-state index is 0.473. The molecule has 1 atom stereocenters. The Kier molecular flexibility index (Phi) is 6.43. The smallest absolute Gasteiger partial charge is 0.278 e. The van der Waals surface area contributed by atoms with Gasteiger partial charge in [-0.05, 0) is 6.42 Å². The van der Waals surface area contributed by atoms with Crippen molar-refractivity contribution in [2.24, 2.45) is 0 Å². The zero-order valence-electron chi connectivity index (χ0n) is 6.93. The van der Waals surface area contributed by atoms with Gasteiger partial charge in [0, 0.05) is 0 Å². The monoisotopic (exact) mass is 230 g/mol. The van der Waals surface area contributed by atoms with Gasteiger partial charge in [-0.3, -0.25) is 4.55 Å². The third-order valence-corrected chi connectivity index (χ3v) is 5.07. The SMILES string of the molecule is CCCCCC(SS)S(=O)(=O)O. The van der Waals surface area contributed by atoms with Gasteiger partial charge >= 0.3 is 0 Å². The quantitative estimate of drug-likeness (QED) is 0.318. The van der Waals surface area contributed by atoms with Crippen LogP contribution in [0.3, 0.4) is 0 Å². The van der Waals surface area contributed by atoms with Crippen LogP contribution in [-0.2, 0) is 10.1 Å². The fourth-order valence-electron chi connectivity index (χ4n) is 0.817. The summed E-state index contributed by atoms with van der Waals surface area (Å²) in [7, 11) is -3.03. The Bertz CT molecular complexity index is 200. The van der Waals surface area contributed by atoms with Gasteiger partial charge in [0.15, 0.2) is 0 Å². The first-order chi connectivity index (χ1) is 5.52. The van der Waals surface area contributed by atoms with E-state index in [1.54, 1.807) is 0 Å². The van der Waals surface area contributed by atoms with Crippen LogP contribution in [0.5, 0.6) is 0 Å². The van der Waals surface area contributed by atoms with Crippen molar-refractivity contribution in [1.82, 2.24) is 0 Å². The zero-order chi connectivity index (χ0) is 9.61. The summed E-state index contributed by atoms with van der Waals surface area (Å²) in [6, 6.07) is 0. The minimum atomic E-state index is -3.91. The molecule has 0 aromatic heterocycles. The van der Waals surface area contributed by atoms with E-state index in [-0.39, 0.29) is 0 Å². The highest BCUT2D eigenvalue weighted by atomic mass is 33.1. The van der Waals surface area contributed by atoms with E-state index < -0.39 is 14.7 Å². The molecule has 0 spiro atoms. The van der Waals surface area contributed by atoms with Crippen molar-refractivity contribution in [3.8, 4) is 0 Å². The molecule has 1 N–H and O–H groups in total. The van der Waals surface area contributed by atoms with Gasteiger partial charge in [0.2, 0.25) is 0 Å². The average molecular weight is 230 g/mol. The van der Waals surface area contributed by atoms with Gasteiger partial charge in [-0.15, -0.1) is 11.7 Å². The summed E-state index contributed by atoms with van der Waals surface area (Å²) < 4.78 is 29.2. The van der Waals surface area contributed by atoms with Crippen molar-refractivity contribution in [2.75, 3.05) is 0 Å². The Morgan fingerprint density at radius 1 is 1.50 bits per heavy atom. The molecule has 0 heterocycles. The van der Waals surface area contributed by atoms with Crippen LogP contribution in [-0.4, -0.2) is 17.6 Å². The number of unbranched alkanes of at least 4 members (excludes halogenated alkanes) is 2. The first kappa shape index (κ1) is 12.6. The maximum atomic E-state index is 10.6. The van der Waals surface area contributed by atoms with Crippen molar-refractivity contribution in [1.29, 1.82) is 0 Å². The maximum Gasteiger partial charge on any atom is 0.278 e. The molecule has 0 saturated heterocycles. The molecular weight excluding hydrogens is 216 g/mol. The fourth-order valence-corrected chi connectivity index (χ4v) is 3.28. The number of hydrogen-bond donors (Lipinski definition) is 2. The molecule has 0 aromatic carbocycles. The van der Waals surface area contributed by atoms with Crippen molar-refractivity contribution in [2.45, 2.75) is 37.2 Å². The highest BCUT2D eigenvalue weighted by molar-refractivity contribution is 8.70. The van der Waals surface area contributed by atoms with E-state index in [0.29, 0.717) is 6.42 Å². The number of hydrogen-bond acceptors (Lipinski definition) is 4. The first-order valence-corrected chi connectivity index (χ1v) is 7.22. The van der Waals surface area contributed by atoms with Crippen LogP contribution in [0.1, 0.15) is 32.6 Å². The molecule has 0 saturated carbocycles. The second-order valence-electron chi connectivity index (χ2n) is 2.55. The van der Waals surface area contributed by atoms with Crippen LogP contribution in [0.25, 0.3) is 0 Å². The van der Waals surface area contributed by atoms with Gasteiger partial charge in [0.1, 0.15) is 4.58 Å². The first-order valence-electron chi connectivity index (χ1n) is 3.79. The topological polar surface area (TPSA) is 54.4 Å². The Morgan fingerprint density at radius 2 is 2.08 bits per heavy atom. The van der Waals surface area contributed by atoms with Crippen LogP contribution >= 0.6 is 22.5 Å². The van der Waals surface area contributed by atoms with Crippen molar-refractivity contribution in [3.63, 3.8) is 0 Å². The lowest BCUT2D eigenvalue weighted by atomic mass is 10.2. The molecule has 0 bridgehead atoms. The summed E-state index contributed by atoms with van der Waals surface area (Å²) in [5.41, 5.74) is 0. The van der Waals surface area contributed by atoms with Crippen molar-refractivity contribution in [3.05, 3.63) is 0 Å². The molecule has 12 heavy (non-hydrogen) atoms. The number of rotatable bonds is 6. The van der Waals surface area contributed by atoms with Crippen molar-refractivity contribution < 1.29 is 13.0 Å². The summed E-state index contributed by atoms with van der Waals surface area (Å²) in [6.07, 6.45) is 3.31. The Hall–Kier alpha value is 0.610. The summed E-state index contributed by atoms with van der Waals surface area (Å²) in [5, 5.41) is 0. The van der Waals surface area contributed by atoms with Gasteiger partial charge in [0.05, 0.1) is 0 Å². The van der Waals surface area contributed by atoms with Crippen LogP contribution in [0.2, 0.25) is 0 Å². The third kappa shape index (κ3) is 5.29. The lowest BCUT2D eigenvalue weighted by Gasteiger charge is -2.08. The van der Waals surface area contributed by atoms with Gasteiger partial charge in [-0.1, -0.05) is 37.0 Å². The molecular formula is C6H14O3S3. The minimum Gasteiger partial charge on any atom is -0.285 e. The summed E-state index contributed by atoms with van der Waals surface area (Å²) in [5.74, 6) is 0. The van der Waals surface area contributed by atoms with E-state index in [0.717, 1.165) is 30.1 Å². The van der Waals surface area contributed by atoms with Crippen LogP contribution < -0.4 is 0 Å². The van der Waals surface area contributed by atoms with E-state index in [9.17, 15) is 8.42 Å². The largest absolute Gasteiger partial charge is 0.285 e. The Labute approximate surface area is 82.9 Å². The normalized spacial score (nSPS) is 14.6. The third-order valence-electron chi connectivity index (χ3n) is 1.49.